The van der Waals surface area contributed by atoms with Gasteiger partial charge in [-0.2, -0.15) is 4.68 Å². The van der Waals surface area contributed by atoms with Gasteiger partial charge in [-0.1, -0.05) is 6.07 Å². The number of nitrogens with zero attached hydrogens (tertiary/aromatic N) is 5. The number of thioether (sulfide) groups is 1. The molecule has 0 bridgehead atoms. The molecule has 0 aliphatic rings. The standard InChI is InChI=1S/C14H18N6O3S/c1-3-19(4-2)14(23)24-13-16-17-18-20(13)11-7-5-6-10(8-11)15-9-12(21)22/h5-8,15H,3-4,9H2,1-2H3,(H,21,22). The van der Waals surface area contributed by atoms with E-state index in [0.717, 1.165) is 11.8 Å². The van der Waals surface area contributed by atoms with Crippen LogP contribution in [0.4, 0.5) is 10.5 Å². The smallest absolute Gasteiger partial charge is 0.322 e. The molecule has 0 aliphatic carbocycles. The second kappa shape index (κ2) is 8.29. The van der Waals surface area contributed by atoms with Gasteiger partial charge in [0.15, 0.2) is 0 Å². The summed E-state index contributed by atoms with van der Waals surface area (Å²) in [6.45, 7) is 4.84. The molecule has 128 valence electrons. The van der Waals surface area contributed by atoms with E-state index < -0.39 is 5.97 Å². The quantitative estimate of drug-likeness (QED) is 0.726. The Hall–Kier alpha value is -2.62. The Kier molecular flexibility index (Phi) is 6.13. The van der Waals surface area contributed by atoms with E-state index in [1.54, 1.807) is 29.2 Å². The number of hydrogen-bond acceptors (Lipinski definition) is 7. The molecule has 0 saturated carbocycles. The number of carbonyl (C=O) groups excluding carboxylic acids is 1. The summed E-state index contributed by atoms with van der Waals surface area (Å²) in [5.74, 6) is -0.955. The first-order chi connectivity index (χ1) is 11.5. The van der Waals surface area contributed by atoms with Gasteiger partial charge in [-0.15, -0.1) is 5.10 Å². The van der Waals surface area contributed by atoms with Crippen LogP contribution in [0.3, 0.4) is 0 Å². The van der Waals surface area contributed by atoms with Gasteiger partial charge in [0.25, 0.3) is 5.24 Å². The number of anilines is 1. The summed E-state index contributed by atoms with van der Waals surface area (Å²) in [7, 11) is 0. The van der Waals surface area contributed by atoms with Crippen LogP contribution in [0.1, 0.15) is 13.8 Å². The van der Waals surface area contributed by atoms with E-state index in [2.05, 4.69) is 20.8 Å². The molecule has 2 rings (SSSR count). The Labute approximate surface area is 143 Å². The maximum absolute atomic E-state index is 12.2. The van der Waals surface area contributed by atoms with Crippen LogP contribution in [0.2, 0.25) is 0 Å². The molecule has 1 amide bonds. The molecule has 0 fully saturated rings. The minimum absolute atomic E-state index is 0.129. The molecule has 24 heavy (non-hydrogen) atoms. The van der Waals surface area contributed by atoms with Gasteiger partial charge in [-0.05, 0) is 42.5 Å². The van der Waals surface area contributed by atoms with Crippen LogP contribution in [0.15, 0.2) is 29.4 Å². The van der Waals surface area contributed by atoms with Gasteiger partial charge in [-0.3, -0.25) is 9.59 Å². The van der Waals surface area contributed by atoms with E-state index in [-0.39, 0.29) is 11.8 Å². The zero-order valence-corrected chi connectivity index (χ0v) is 14.2. The monoisotopic (exact) mass is 350 g/mol. The molecule has 9 nitrogen and oxygen atoms in total. The minimum Gasteiger partial charge on any atom is -0.480 e. The van der Waals surface area contributed by atoms with Crippen molar-refractivity contribution in [3.63, 3.8) is 0 Å². The molecule has 0 atom stereocenters. The average Bonchev–Trinajstić information content (AvgIpc) is 3.02. The zero-order valence-electron chi connectivity index (χ0n) is 13.3. The SMILES string of the molecule is CCN(CC)C(=O)Sc1nnnn1-c1cccc(NCC(=O)O)c1. The van der Waals surface area contributed by atoms with Crippen molar-refractivity contribution in [2.24, 2.45) is 0 Å². The Bertz CT molecular complexity index is 716. The number of carboxylic acid groups (broad SMARTS) is 1. The number of amides is 1. The highest BCUT2D eigenvalue weighted by molar-refractivity contribution is 8.13. The van der Waals surface area contributed by atoms with E-state index in [0.29, 0.717) is 29.6 Å². The largest absolute Gasteiger partial charge is 0.480 e. The van der Waals surface area contributed by atoms with Crippen molar-refractivity contribution >= 4 is 28.7 Å². The van der Waals surface area contributed by atoms with Crippen LogP contribution >= 0.6 is 11.8 Å². The Balaban J connectivity index is 2.19. The molecule has 1 heterocycles. The topological polar surface area (TPSA) is 113 Å². The molecule has 0 saturated heterocycles. The molecule has 2 N–H and O–H groups in total. The number of hydrogen-bond donors (Lipinski definition) is 2. The third-order valence-corrected chi connectivity index (χ3v) is 4.05. The van der Waals surface area contributed by atoms with Gasteiger partial charge in [-0.25, -0.2) is 0 Å². The number of carbonyl (C=O) groups is 2. The van der Waals surface area contributed by atoms with Crippen molar-refractivity contribution in [1.82, 2.24) is 25.1 Å². The summed E-state index contributed by atoms with van der Waals surface area (Å²) in [5, 5.41) is 23.1. The highest BCUT2D eigenvalue weighted by atomic mass is 32.2. The predicted molar refractivity (Wildman–Crippen MR) is 89.5 cm³/mol. The van der Waals surface area contributed by atoms with Crippen LogP contribution in [0.25, 0.3) is 5.69 Å². The van der Waals surface area contributed by atoms with Crippen LogP contribution in [0.5, 0.6) is 0 Å². The summed E-state index contributed by atoms with van der Waals surface area (Å²) in [6, 6.07) is 6.98. The highest BCUT2D eigenvalue weighted by Crippen LogP contribution is 2.22. The number of nitrogens with one attached hydrogen (secondary N) is 1. The first-order valence-corrected chi connectivity index (χ1v) is 8.18. The lowest BCUT2D eigenvalue weighted by molar-refractivity contribution is -0.134. The second-order valence-electron chi connectivity index (χ2n) is 4.71. The fourth-order valence-electron chi connectivity index (χ4n) is 1.95. The molecule has 0 unspecified atom stereocenters. The van der Waals surface area contributed by atoms with E-state index in [1.807, 2.05) is 13.8 Å². The Morgan fingerprint density at radius 2 is 2.08 bits per heavy atom. The van der Waals surface area contributed by atoms with Crippen LogP contribution < -0.4 is 5.32 Å². The zero-order chi connectivity index (χ0) is 17.5. The predicted octanol–water partition coefficient (Wildman–Crippen LogP) is 1.71. The highest BCUT2D eigenvalue weighted by Gasteiger charge is 2.17. The molecule has 10 heteroatoms. The number of carboxylic acids is 1. The van der Waals surface area contributed by atoms with E-state index >= 15 is 0 Å². The van der Waals surface area contributed by atoms with Crippen molar-refractivity contribution in [2.75, 3.05) is 25.0 Å². The van der Waals surface area contributed by atoms with Gasteiger partial charge in [0.2, 0.25) is 5.16 Å². The first kappa shape index (κ1) is 17.7. The Morgan fingerprint density at radius 1 is 1.33 bits per heavy atom. The maximum Gasteiger partial charge on any atom is 0.322 e. The molecule has 0 aliphatic heterocycles. The molecule has 1 aromatic heterocycles. The lowest BCUT2D eigenvalue weighted by atomic mass is 10.3. The van der Waals surface area contributed by atoms with Gasteiger partial charge in [0.05, 0.1) is 5.69 Å². The van der Waals surface area contributed by atoms with Gasteiger partial charge in [0.1, 0.15) is 6.54 Å². The molecule has 0 radical (unpaired) electrons. The molecular weight excluding hydrogens is 332 g/mol. The van der Waals surface area contributed by atoms with Crippen molar-refractivity contribution < 1.29 is 14.7 Å². The van der Waals surface area contributed by atoms with Crippen molar-refractivity contribution in [3.8, 4) is 5.69 Å². The summed E-state index contributed by atoms with van der Waals surface area (Å²) in [4.78, 5) is 24.5. The summed E-state index contributed by atoms with van der Waals surface area (Å²) >= 11 is 0.952. The fraction of sp³-hybridized carbons (Fsp3) is 0.357. The first-order valence-electron chi connectivity index (χ1n) is 7.36. The van der Waals surface area contributed by atoms with E-state index in [9.17, 15) is 9.59 Å². The van der Waals surface area contributed by atoms with Gasteiger partial charge >= 0.3 is 5.97 Å². The average molecular weight is 350 g/mol. The molecular formula is C14H18N6O3S. The molecule has 1 aromatic carbocycles. The van der Waals surface area contributed by atoms with Crippen LogP contribution in [0, 0.1) is 0 Å². The second-order valence-corrected chi connectivity index (χ2v) is 5.63. The third-order valence-electron chi connectivity index (χ3n) is 3.18. The number of aromatic nitrogens is 4. The van der Waals surface area contributed by atoms with E-state index in [1.165, 1.54) is 4.68 Å². The summed E-state index contributed by atoms with van der Waals surface area (Å²) < 4.78 is 1.44. The molecule has 2 aromatic rings. The van der Waals surface area contributed by atoms with Crippen LogP contribution in [-0.2, 0) is 4.79 Å². The van der Waals surface area contributed by atoms with Crippen molar-refractivity contribution in [3.05, 3.63) is 24.3 Å². The number of tetrazole rings is 1. The maximum atomic E-state index is 12.2. The van der Waals surface area contributed by atoms with Crippen LogP contribution in [-0.4, -0.2) is 61.1 Å². The van der Waals surface area contributed by atoms with Gasteiger partial charge in [0, 0.05) is 30.5 Å². The minimum atomic E-state index is -0.955. The number of benzene rings is 1. The fourth-order valence-corrected chi connectivity index (χ4v) is 2.80. The lowest BCUT2D eigenvalue weighted by Gasteiger charge is -2.17. The number of aliphatic carboxylic acids is 1. The lowest BCUT2D eigenvalue weighted by Crippen LogP contribution is -2.27. The van der Waals surface area contributed by atoms with Crippen molar-refractivity contribution in [2.45, 2.75) is 19.0 Å². The van der Waals surface area contributed by atoms with Gasteiger partial charge < -0.3 is 15.3 Å². The third kappa shape index (κ3) is 4.44. The Morgan fingerprint density at radius 3 is 2.75 bits per heavy atom. The number of rotatable bonds is 7. The van der Waals surface area contributed by atoms with E-state index in [4.69, 9.17) is 5.11 Å². The van der Waals surface area contributed by atoms with Crippen molar-refractivity contribution in [1.29, 1.82) is 0 Å². The summed E-state index contributed by atoms with van der Waals surface area (Å²) in [5.41, 5.74) is 1.25. The summed E-state index contributed by atoms with van der Waals surface area (Å²) in [6.07, 6.45) is 0. The molecule has 0 spiro atoms. The normalized spacial score (nSPS) is 10.4.